The molecular formula is C15H22N2O. The Kier molecular flexibility index (Phi) is 4.37. The van der Waals surface area contributed by atoms with Crippen molar-refractivity contribution >= 4 is 5.91 Å². The van der Waals surface area contributed by atoms with Gasteiger partial charge in [-0.2, -0.15) is 0 Å². The Morgan fingerprint density at radius 1 is 1.39 bits per heavy atom. The third-order valence-electron chi connectivity index (χ3n) is 3.94. The highest BCUT2D eigenvalue weighted by atomic mass is 16.2. The first kappa shape index (κ1) is 13.1. The monoisotopic (exact) mass is 246 g/mol. The van der Waals surface area contributed by atoms with Gasteiger partial charge in [0.1, 0.15) is 0 Å². The Labute approximate surface area is 109 Å². The molecule has 1 aliphatic rings. The Morgan fingerprint density at radius 2 is 2.11 bits per heavy atom. The highest BCUT2D eigenvalue weighted by Crippen LogP contribution is 2.21. The molecule has 1 heterocycles. The minimum Gasteiger partial charge on any atom is -0.338 e. The van der Waals surface area contributed by atoms with E-state index in [9.17, 15) is 4.79 Å². The molecule has 0 bridgehead atoms. The molecule has 1 saturated heterocycles. The van der Waals surface area contributed by atoms with Crippen molar-refractivity contribution in [2.75, 3.05) is 20.1 Å². The lowest BCUT2D eigenvalue weighted by molar-refractivity contribution is 0.0631. The van der Waals surface area contributed by atoms with Gasteiger partial charge in [-0.1, -0.05) is 31.5 Å². The highest BCUT2D eigenvalue weighted by Gasteiger charge is 2.29. The normalized spacial score (nSPS) is 24.0. The molecule has 0 spiro atoms. The molecule has 0 aromatic heterocycles. The van der Waals surface area contributed by atoms with Crippen LogP contribution < -0.4 is 5.32 Å². The van der Waals surface area contributed by atoms with Crippen molar-refractivity contribution in [3.8, 4) is 0 Å². The predicted molar refractivity (Wildman–Crippen MR) is 73.6 cm³/mol. The van der Waals surface area contributed by atoms with Crippen molar-refractivity contribution in [1.29, 1.82) is 0 Å². The quantitative estimate of drug-likeness (QED) is 0.886. The zero-order valence-corrected chi connectivity index (χ0v) is 11.2. The van der Waals surface area contributed by atoms with Gasteiger partial charge in [0, 0.05) is 24.7 Å². The minimum atomic E-state index is 0.170. The van der Waals surface area contributed by atoms with E-state index in [4.69, 9.17) is 0 Å². The maximum absolute atomic E-state index is 12.4. The van der Waals surface area contributed by atoms with Crippen LogP contribution in [0.15, 0.2) is 30.3 Å². The molecule has 2 unspecified atom stereocenters. The first-order valence-electron chi connectivity index (χ1n) is 6.77. The van der Waals surface area contributed by atoms with E-state index >= 15 is 0 Å². The van der Waals surface area contributed by atoms with Crippen LogP contribution in [0.25, 0.3) is 0 Å². The minimum absolute atomic E-state index is 0.170. The van der Waals surface area contributed by atoms with Gasteiger partial charge in [-0.15, -0.1) is 0 Å². The van der Waals surface area contributed by atoms with Gasteiger partial charge in [0.15, 0.2) is 0 Å². The van der Waals surface area contributed by atoms with Crippen LogP contribution >= 0.6 is 0 Å². The number of hydrogen-bond acceptors (Lipinski definition) is 2. The zero-order chi connectivity index (χ0) is 13.0. The van der Waals surface area contributed by atoms with Crippen LogP contribution in [0, 0.1) is 5.92 Å². The topological polar surface area (TPSA) is 32.3 Å². The van der Waals surface area contributed by atoms with E-state index in [0.29, 0.717) is 12.0 Å². The van der Waals surface area contributed by atoms with Crippen LogP contribution in [0.1, 0.15) is 30.1 Å². The average molecular weight is 246 g/mol. The molecule has 0 saturated carbocycles. The van der Waals surface area contributed by atoms with E-state index in [0.717, 1.165) is 31.5 Å². The van der Waals surface area contributed by atoms with Gasteiger partial charge in [0.05, 0.1) is 0 Å². The summed E-state index contributed by atoms with van der Waals surface area (Å²) in [5.74, 6) is 0.736. The Hall–Kier alpha value is -1.35. The van der Waals surface area contributed by atoms with Crippen molar-refractivity contribution in [1.82, 2.24) is 10.2 Å². The zero-order valence-electron chi connectivity index (χ0n) is 11.2. The molecule has 1 amide bonds. The number of hydrogen-bond donors (Lipinski definition) is 1. The molecule has 0 aliphatic carbocycles. The number of benzene rings is 1. The lowest BCUT2D eigenvalue weighted by Crippen LogP contribution is -2.50. The Balaban J connectivity index is 2.05. The van der Waals surface area contributed by atoms with Crippen molar-refractivity contribution in [2.24, 2.45) is 5.92 Å². The summed E-state index contributed by atoms with van der Waals surface area (Å²) < 4.78 is 0. The summed E-state index contributed by atoms with van der Waals surface area (Å²) in [4.78, 5) is 14.4. The van der Waals surface area contributed by atoms with E-state index in [2.05, 4.69) is 12.2 Å². The summed E-state index contributed by atoms with van der Waals surface area (Å²) in [6, 6.07) is 10.1. The maximum Gasteiger partial charge on any atom is 0.253 e. The van der Waals surface area contributed by atoms with Crippen LogP contribution in [0.2, 0.25) is 0 Å². The molecule has 1 aromatic carbocycles. The van der Waals surface area contributed by atoms with Crippen LogP contribution in [0.5, 0.6) is 0 Å². The second-order valence-corrected chi connectivity index (χ2v) is 4.97. The number of amides is 1. The molecule has 2 atom stereocenters. The molecule has 1 aromatic rings. The Morgan fingerprint density at radius 3 is 2.72 bits per heavy atom. The molecule has 1 N–H and O–H groups in total. The van der Waals surface area contributed by atoms with Gasteiger partial charge in [0.2, 0.25) is 0 Å². The predicted octanol–water partition coefficient (Wildman–Crippen LogP) is 2.15. The smallest absolute Gasteiger partial charge is 0.253 e. The van der Waals surface area contributed by atoms with Gasteiger partial charge in [0.25, 0.3) is 5.91 Å². The maximum atomic E-state index is 12.4. The molecule has 98 valence electrons. The van der Waals surface area contributed by atoms with Gasteiger partial charge in [-0.05, 0) is 31.5 Å². The average Bonchev–Trinajstić information content (AvgIpc) is 2.46. The lowest BCUT2D eigenvalue weighted by atomic mass is 9.89. The third-order valence-corrected chi connectivity index (χ3v) is 3.94. The van der Waals surface area contributed by atoms with Crippen molar-refractivity contribution < 1.29 is 4.79 Å². The molecule has 18 heavy (non-hydrogen) atoms. The highest BCUT2D eigenvalue weighted by molar-refractivity contribution is 5.94. The van der Waals surface area contributed by atoms with Crippen molar-refractivity contribution in [3.63, 3.8) is 0 Å². The number of nitrogens with one attached hydrogen (secondary N) is 1. The van der Waals surface area contributed by atoms with E-state index in [1.807, 2.05) is 42.3 Å². The number of carbonyl (C=O) groups excluding carboxylic acids is 1. The molecule has 1 aliphatic heterocycles. The molecule has 3 nitrogen and oxygen atoms in total. The van der Waals surface area contributed by atoms with Crippen LogP contribution in [0.3, 0.4) is 0 Å². The number of carbonyl (C=O) groups is 1. The Bertz CT molecular complexity index is 391. The summed E-state index contributed by atoms with van der Waals surface area (Å²) in [7, 11) is 2.02. The molecule has 0 radical (unpaired) electrons. The number of nitrogens with zero attached hydrogens (tertiary/aromatic N) is 1. The summed E-state index contributed by atoms with van der Waals surface area (Å²) in [6.45, 7) is 3.93. The summed E-state index contributed by atoms with van der Waals surface area (Å²) in [6.07, 6.45) is 2.16. The van der Waals surface area contributed by atoms with Gasteiger partial charge in [-0.25, -0.2) is 0 Å². The summed E-state index contributed by atoms with van der Waals surface area (Å²) in [5.41, 5.74) is 0.801. The lowest BCUT2D eigenvalue weighted by Gasteiger charge is -2.38. The fraction of sp³-hybridized carbons (Fsp3) is 0.533. The van der Waals surface area contributed by atoms with Gasteiger partial charge < -0.3 is 10.2 Å². The fourth-order valence-corrected chi connectivity index (χ4v) is 2.77. The van der Waals surface area contributed by atoms with Crippen molar-refractivity contribution in [3.05, 3.63) is 35.9 Å². The SMILES string of the molecule is CCC1CN(C(=O)c2ccccc2)CCC1NC. The van der Waals surface area contributed by atoms with Crippen LogP contribution in [0.4, 0.5) is 0 Å². The summed E-state index contributed by atoms with van der Waals surface area (Å²) >= 11 is 0. The molecule has 1 fully saturated rings. The van der Waals surface area contributed by atoms with E-state index in [-0.39, 0.29) is 5.91 Å². The van der Waals surface area contributed by atoms with E-state index in [1.54, 1.807) is 0 Å². The standard InChI is InChI=1S/C15H22N2O/c1-3-12-11-17(10-9-14(12)16-2)15(18)13-7-5-4-6-8-13/h4-8,12,14,16H,3,9-11H2,1-2H3. The molecule has 3 heteroatoms. The second kappa shape index (κ2) is 6.01. The fourth-order valence-electron chi connectivity index (χ4n) is 2.77. The molecule has 2 rings (SSSR count). The van der Waals surface area contributed by atoms with Crippen LogP contribution in [-0.2, 0) is 0 Å². The number of piperidine rings is 1. The van der Waals surface area contributed by atoms with E-state index in [1.165, 1.54) is 0 Å². The largest absolute Gasteiger partial charge is 0.338 e. The van der Waals surface area contributed by atoms with E-state index < -0.39 is 0 Å². The second-order valence-electron chi connectivity index (χ2n) is 4.97. The first-order valence-corrected chi connectivity index (χ1v) is 6.77. The summed E-state index contributed by atoms with van der Waals surface area (Å²) in [5, 5.41) is 3.37. The molecular weight excluding hydrogens is 224 g/mol. The van der Waals surface area contributed by atoms with Crippen molar-refractivity contribution in [2.45, 2.75) is 25.8 Å². The van der Waals surface area contributed by atoms with Gasteiger partial charge >= 0.3 is 0 Å². The number of rotatable bonds is 3. The third kappa shape index (κ3) is 2.72. The van der Waals surface area contributed by atoms with Crippen LogP contribution in [-0.4, -0.2) is 37.0 Å². The van der Waals surface area contributed by atoms with Gasteiger partial charge in [-0.3, -0.25) is 4.79 Å². The first-order chi connectivity index (χ1) is 8.76. The number of likely N-dealkylation sites (tertiary alicyclic amines) is 1.